The Hall–Kier alpha value is -1.99. The molecule has 0 saturated heterocycles. The van der Waals surface area contributed by atoms with Crippen LogP contribution in [0.2, 0.25) is 0 Å². The summed E-state index contributed by atoms with van der Waals surface area (Å²) in [7, 11) is 0. The van der Waals surface area contributed by atoms with Crippen molar-refractivity contribution < 1.29 is 14.7 Å². The van der Waals surface area contributed by atoms with Crippen molar-refractivity contribution in [1.29, 1.82) is 0 Å². The van der Waals surface area contributed by atoms with Gasteiger partial charge in [-0.25, -0.2) is 0 Å². The molecule has 0 radical (unpaired) electrons. The highest BCUT2D eigenvalue weighted by molar-refractivity contribution is 5.84. The Morgan fingerprint density at radius 1 is 1.53 bits per heavy atom. The van der Waals surface area contributed by atoms with Crippen LogP contribution >= 0.6 is 0 Å². The fourth-order valence-electron chi connectivity index (χ4n) is 1.19. The Balaban J connectivity index is 2.53. The standard InChI is InChI=1S/C9H15N5O3/c1-5(7-11-13-14-12-7)10-6(15)4-9(2,3)8(16)17/h5H,4H2,1-3H3,(H,10,15)(H,16,17)(H,11,12,13,14). The maximum absolute atomic E-state index is 11.6. The number of carboxylic acids is 1. The summed E-state index contributed by atoms with van der Waals surface area (Å²) < 4.78 is 0. The fourth-order valence-corrected chi connectivity index (χ4v) is 1.19. The van der Waals surface area contributed by atoms with E-state index in [0.29, 0.717) is 5.82 Å². The van der Waals surface area contributed by atoms with E-state index in [0.717, 1.165) is 0 Å². The van der Waals surface area contributed by atoms with Crippen LogP contribution in [0, 0.1) is 5.41 Å². The fraction of sp³-hybridized carbons (Fsp3) is 0.667. The normalized spacial score (nSPS) is 13.1. The number of tetrazole rings is 1. The third kappa shape index (κ3) is 3.51. The number of aromatic nitrogens is 4. The summed E-state index contributed by atoms with van der Waals surface area (Å²) in [6, 6.07) is -0.411. The lowest BCUT2D eigenvalue weighted by Gasteiger charge is -2.19. The number of aliphatic carboxylic acids is 1. The lowest BCUT2D eigenvalue weighted by atomic mass is 9.89. The highest BCUT2D eigenvalue weighted by Gasteiger charge is 2.30. The van der Waals surface area contributed by atoms with Gasteiger partial charge in [-0.15, -0.1) is 10.2 Å². The van der Waals surface area contributed by atoms with Crippen LogP contribution in [0.4, 0.5) is 0 Å². The van der Waals surface area contributed by atoms with Crippen molar-refractivity contribution in [2.75, 3.05) is 0 Å². The van der Waals surface area contributed by atoms with Crippen molar-refractivity contribution in [2.45, 2.75) is 33.2 Å². The van der Waals surface area contributed by atoms with Gasteiger partial charge in [-0.05, 0) is 20.8 Å². The zero-order valence-corrected chi connectivity index (χ0v) is 9.89. The van der Waals surface area contributed by atoms with E-state index in [1.807, 2.05) is 0 Å². The van der Waals surface area contributed by atoms with Crippen molar-refractivity contribution >= 4 is 11.9 Å². The molecule has 0 aliphatic heterocycles. The quantitative estimate of drug-likeness (QED) is 0.660. The second-order valence-corrected chi connectivity index (χ2v) is 4.43. The van der Waals surface area contributed by atoms with Crippen molar-refractivity contribution in [3.05, 3.63) is 5.82 Å². The Bertz CT molecular complexity index is 401. The molecule has 1 amide bonds. The average Bonchev–Trinajstić information content (AvgIpc) is 2.68. The predicted octanol–water partition coefficient (Wildman–Crippen LogP) is -0.122. The first-order chi connectivity index (χ1) is 7.83. The number of amides is 1. The van der Waals surface area contributed by atoms with Gasteiger partial charge in [0.15, 0.2) is 5.82 Å². The number of rotatable bonds is 5. The zero-order valence-electron chi connectivity index (χ0n) is 9.89. The molecule has 0 aromatic carbocycles. The Morgan fingerprint density at radius 3 is 2.65 bits per heavy atom. The molecule has 1 rings (SSSR count). The van der Waals surface area contributed by atoms with Crippen LogP contribution in [0.5, 0.6) is 0 Å². The molecule has 0 aliphatic rings. The molecule has 0 fully saturated rings. The number of carbonyl (C=O) groups excluding carboxylic acids is 1. The van der Waals surface area contributed by atoms with Crippen molar-refractivity contribution in [3.8, 4) is 0 Å². The van der Waals surface area contributed by atoms with Gasteiger partial charge in [0.25, 0.3) is 0 Å². The van der Waals surface area contributed by atoms with Crippen molar-refractivity contribution in [3.63, 3.8) is 0 Å². The number of nitrogens with zero attached hydrogens (tertiary/aromatic N) is 3. The Labute approximate surface area is 97.8 Å². The Kier molecular flexibility index (Phi) is 3.77. The van der Waals surface area contributed by atoms with E-state index < -0.39 is 17.4 Å². The summed E-state index contributed by atoms with van der Waals surface area (Å²) in [6.07, 6.45) is -0.107. The number of H-pyrrole nitrogens is 1. The van der Waals surface area contributed by atoms with Crippen LogP contribution in [-0.4, -0.2) is 37.6 Å². The summed E-state index contributed by atoms with van der Waals surface area (Å²) in [5.41, 5.74) is -1.10. The second kappa shape index (κ2) is 4.89. The van der Waals surface area contributed by atoms with E-state index in [-0.39, 0.29) is 12.3 Å². The number of aromatic amines is 1. The smallest absolute Gasteiger partial charge is 0.309 e. The molecule has 94 valence electrons. The number of carbonyl (C=O) groups is 2. The van der Waals surface area contributed by atoms with Crippen LogP contribution in [0.3, 0.4) is 0 Å². The predicted molar refractivity (Wildman–Crippen MR) is 56.8 cm³/mol. The van der Waals surface area contributed by atoms with Gasteiger partial charge in [-0.2, -0.15) is 5.21 Å². The van der Waals surface area contributed by atoms with Gasteiger partial charge in [0.05, 0.1) is 11.5 Å². The van der Waals surface area contributed by atoms with Gasteiger partial charge >= 0.3 is 5.97 Å². The minimum atomic E-state index is -1.10. The molecule has 17 heavy (non-hydrogen) atoms. The first kappa shape index (κ1) is 13.1. The number of nitrogens with one attached hydrogen (secondary N) is 2. The molecule has 1 heterocycles. The topological polar surface area (TPSA) is 121 Å². The molecule has 0 saturated carbocycles. The molecule has 0 bridgehead atoms. The molecular weight excluding hydrogens is 226 g/mol. The van der Waals surface area contributed by atoms with E-state index in [4.69, 9.17) is 5.11 Å². The molecule has 1 atom stereocenters. The van der Waals surface area contributed by atoms with Gasteiger partial charge in [0.2, 0.25) is 5.91 Å². The van der Waals surface area contributed by atoms with Gasteiger partial charge in [0, 0.05) is 6.42 Å². The molecule has 8 heteroatoms. The number of hydrogen-bond acceptors (Lipinski definition) is 5. The molecule has 0 spiro atoms. The molecule has 1 aromatic rings. The van der Waals surface area contributed by atoms with Crippen LogP contribution in [0.25, 0.3) is 0 Å². The number of carboxylic acid groups (broad SMARTS) is 1. The van der Waals surface area contributed by atoms with Crippen LogP contribution in [-0.2, 0) is 9.59 Å². The van der Waals surface area contributed by atoms with Crippen molar-refractivity contribution in [1.82, 2.24) is 25.9 Å². The summed E-state index contributed by atoms with van der Waals surface area (Å²) in [6.45, 7) is 4.68. The van der Waals surface area contributed by atoms with Gasteiger partial charge in [-0.1, -0.05) is 5.21 Å². The summed E-state index contributed by atoms with van der Waals surface area (Å²) >= 11 is 0. The highest BCUT2D eigenvalue weighted by atomic mass is 16.4. The summed E-state index contributed by atoms with van der Waals surface area (Å²) in [5, 5.41) is 24.6. The minimum Gasteiger partial charge on any atom is -0.481 e. The van der Waals surface area contributed by atoms with Crippen LogP contribution < -0.4 is 5.32 Å². The zero-order chi connectivity index (χ0) is 13.1. The van der Waals surface area contributed by atoms with Crippen LogP contribution in [0.1, 0.15) is 39.1 Å². The molecule has 8 nitrogen and oxygen atoms in total. The van der Waals surface area contributed by atoms with Gasteiger partial charge < -0.3 is 10.4 Å². The third-order valence-electron chi connectivity index (χ3n) is 2.31. The van der Waals surface area contributed by atoms with Crippen molar-refractivity contribution in [2.24, 2.45) is 5.41 Å². The number of hydrogen-bond donors (Lipinski definition) is 3. The van der Waals surface area contributed by atoms with Crippen LogP contribution in [0.15, 0.2) is 0 Å². The van der Waals surface area contributed by atoms with E-state index in [1.165, 1.54) is 13.8 Å². The SMILES string of the molecule is CC(NC(=O)CC(C)(C)C(=O)O)c1nn[nH]n1. The molecular formula is C9H15N5O3. The van der Waals surface area contributed by atoms with E-state index >= 15 is 0 Å². The summed E-state index contributed by atoms with van der Waals surface area (Å²) in [4.78, 5) is 22.5. The third-order valence-corrected chi connectivity index (χ3v) is 2.31. The van der Waals surface area contributed by atoms with E-state index in [2.05, 4.69) is 25.9 Å². The van der Waals surface area contributed by atoms with Gasteiger partial charge in [0.1, 0.15) is 0 Å². The van der Waals surface area contributed by atoms with E-state index in [9.17, 15) is 9.59 Å². The molecule has 1 aromatic heterocycles. The molecule has 0 aliphatic carbocycles. The highest BCUT2D eigenvalue weighted by Crippen LogP contribution is 2.20. The lowest BCUT2D eigenvalue weighted by Crippen LogP contribution is -2.34. The lowest BCUT2D eigenvalue weighted by molar-refractivity contribution is -0.149. The Morgan fingerprint density at radius 2 is 2.18 bits per heavy atom. The minimum absolute atomic E-state index is 0.107. The second-order valence-electron chi connectivity index (χ2n) is 4.43. The molecule has 3 N–H and O–H groups in total. The summed E-state index contributed by atoms with van der Waals surface area (Å²) in [5.74, 6) is -1.03. The first-order valence-corrected chi connectivity index (χ1v) is 5.09. The van der Waals surface area contributed by atoms with Gasteiger partial charge in [-0.3, -0.25) is 9.59 Å². The maximum Gasteiger partial charge on any atom is 0.309 e. The maximum atomic E-state index is 11.6. The van der Waals surface area contributed by atoms with E-state index in [1.54, 1.807) is 6.92 Å². The first-order valence-electron chi connectivity index (χ1n) is 5.09. The largest absolute Gasteiger partial charge is 0.481 e. The monoisotopic (exact) mass is 241 g/mol. The molecule has 1 unspecified atom stereocenters. The average molecular weight is 241 g/mol.